The number of hydrogen-bond donors (Lipinski definition) is 0. The van der Waals surface area contributed by atoms with Gasteiger partial charge in [-0.3, -0.25) is 0 Å². The second-order valence-corrected chi connectivity index (χ2v) is 5.58. The van der Waals surface area contributed by atoms with Gasteiger partial charge in [-0.2, -0.15) is 0 Å². The van der Waals surface area contributed by atoms with Crippen molar-refractivity contribution in [3.63, 3.8) is 0 Å². The molecule has 1 aromatic rings. The van der Waals surface area contributed by atoms with Gasteiger partial charge in [-0.15, -0.1) is 0 Å². The van der Waals surface area contributed by atoms with Crippen LogP contribution in [0.1, 0.15) is 38.2 Å². The summed E-state index contributed by atoms with van der Waals surface area (Å²) in [7, 11) is 0. The molecule has 3 rings (SSSR count). The van der Waals surface area contributed by atoms with E-state index in [-0.39, 0.29) is 0 Å². The predicted octanol–water partition coefficient (Wildman–Crippen LogP) is 4.61. The molecule has 0 amide bonds. The fraction of sp³-hybridized carbons (Fsp3) is 0.389. The van der Waals surface area contributed by atoms with Gasteiger partial charge in [-0.1, -0.05) is 29.9 Å². The number of hydrogen-bond acceptors (Lipinski definition) is 1. The van der Waals surface area contributed by atoms with E-state index in [0.717, 1.165) is 6.42 Å². The average Bonchev–Trinajstić information content (AvgIpc) is 2.48. The molecule has 1 aliphatic carbocycles. The summed E-state index contributed by atoms with van der Waals surface area (Å²) in [6, 6.07) is 9.10. The topological polar surface area (TPSA) is 3.24 Å². The van der Waals surface area contributed by atoms with Crippen molar-refractivity contribution in [1.82, 2.24) is 0 Å². The summed E-state index contributed by atoms with van der Waals surface area (Å²) >= 11 is 0. The maximum Gasteiger partial charge on any atom is 0.0366 e. The lowest BCUT2D eigenvalue weighted by atomic mass is 9.94. The van der Waals surface area contributed by atoms with Crippen molar-refractivity contribution in [2.75, 3.05) is 18.0 Å². The highest BCUT2D eigenvalue weighted by molar-refractivity contribution is 5.76. The molecule has 0 saturated carbocycles. The van der Waals surface area contributed by atoms with Crippen LogP contribution in [0.25, 0.3) is 5.57 Å². The third-order valence-electron chi connectivity index (χ3n) is 4.08. The molecule has 19 heavy (non-hydrogen) atoms. The summed E-state index contributed by atoms with van der Waals surface area (Å²) in [4.78, 5) is 2.51. The maximum absolute atomic E-state index is 2.51. The second-order valence-electron chi connectivity index (χ2n) is 5.58. The van der Waals surface area contributed by atoms with Gasteiger partial charge in [0.2, 0.25) is 0 Å². The van der Waals surface area contributed by atoms with Gasteiger partial charge in [0.25, 0.3) is 0 Å². The molecule has 1 saturated heterocycles. The van der Waals surface area contributed by atoms with Gasteiger partial charge in [0.1, 0.15) is 0 Å². The molecule has 0 atom stereocenters. The van der Waals surface area contributed by atoms with Crippen LogP contribution in [0.5, 0.6) is 0 Å². The number of anilines is 1. The summed E-state index contributed by atoms with van der Waals surface area (Å²) in [6.45, 7) is 4.61. The Bertz CT molecular complexity index is 487. The molecule has 1 nitrogen and oxygen atoms in total. The zero-order valence-electron chi connectivity index (χ0n) is 11.7. The van der Waals surface area contributed by atoms with E-state index in [1.54, 1.807) is 0 Å². The van der Waals surface area contributed by atoms with E-state index in [1.807, 2.05) is 0 Å². The summed E-state index contributed by atoms with van der Waals surface area (Å²) in [5.41, 5.74) is 5.46. The van der Waals surface area contributed by atoms with Gasteiger partial charge in [0.15, 0.2) is 0 Å². The van der Waals surface area contributed by atoms with E-state index in [4.69, 9.17) is 0 Å². The smallest absolute Gasteiger partial charge is 0.0366 e. The number of benzene rings is 1. The lowest BCUT2D eigenvalue weighted by molar-refractivity contribution is 0.578. The minimum atomic E-state index is 1.06. The molecular formula is C18H22N. The summed E-state index contributed by atoms with van der Waals surface area (Å²) in [5, 5.41) is 0. The summed E-state index contributed by atoms with van der Waals surface area (Å²) in [6.07, 6.45) is 12.0. The minimum Gasteiger partial charge on any atom is -0.372 e. The quantitative estimate of drug-likeness (QED) is 0.742. The normalized spacial score (nSPS) is 19.9. The highest BCUT2D eigenvalue weighted by atomic mass is 15.1. The van der Waals surface area contributed by atoms with Crippen LogP contribution in [0.4, 0.5) is 5.69 Å². The summed E-state index contributed by atoms with van der Waals surface area (Å²) < 4.78 is 0. The molecule has 99 valence electrons. The summed E-state index contributed by atoms with van der Waals surface area (Å²) in [5.74, 6) is 0. The van der Waals surface area contributed by atoms with Gasteiger partial charge in [-0.25, -0.2) is 0 Å². The molecular weight excluding hydrogens is 230 g/mol. The van der Waals surface area contributed by atoms with Crippen molar-refractivity contribution in [1.29, 1.82) is 0 Å². The van der Waals surface area contributed by atoms with Crippen LogP contribution in [-0.4, -0.2) is 13.1 Å². The molecule has 1 heteroatoms. The monoisotopic (exact) mass is 252 g/mol. The van der Waals surface area contributed by atoms with Crippen molar-refractivity contribution in [2.24, 2.45) is 0 Å². The molecule has 0 spiro atoms. The van der Waals surface area contributed by atoms with Crippen LogP contribution in [0.2, 0.25) is 0 Å². The SMILES string of the molecule is CC1=CC[CH]C(c2ccc(N3CCCCC3)cc2)=C1. The molecule has 0 bridgehead atoms. The molecule has 1 fully saturated rings. The third-order valence-corrected chi connectivity index (χ3v) is 4.08. The first-order chi connectivity index (χ1) is 9.33. The Kier molecular flexibility index (Phi) is 3.72. The van der Waals surface area contributed by atoms with Crippen molar-refractivity contribution >= 4 is 11.3 Å². The maximum atomic E-state index is 2.51. The van der Waals surface area contributed by atoms with Crippen LogP contribution in [0.15, 0.2) is 42.0 Å². The Balaban J connectivity index is 1.77. The Hall–Kier alpha value is -1.50. The Labute approximate surface area is 116 Å². The Morgan fingerprint density at radius 1 is 0.947 bits per heavy atom. The number of rotatable bonds is 2. The fourth-order valence-electron chi connectivity index (χ4n) is 2.95. The predicted molar refractivity (Wildman–Crippen MR) is 83.2 cm³/mol. The molecule has 0 N–H and O–H groups in total. The first kappa shape index (κ1) is 12.5. The highest BCUT2D eigenvalue weighted by Gasteiger charge is 2.11. The van der Waals surface area contributed by atoms with Gasteiger partial charge >= 0.3 is 0 Å². The molecule has 1 radical (unpaired) electrons. The van der Waals surface area contributed by atoms with Gasteiger partial charge in [-0.05, 0) is 62.3 Å². The van der Waals surface area contributed by atoms with E-state index in [1.165, 1.54) is 54.7 Å². The first-order valence-corrected chi connectivity index (χ1v) is 7.40. The number of nitrogens with zero attached hydrogens (tertiary/aromatic N) is 1. The van der Waals surface area contributed by atoms with Crippen molar-refractivity contribution < 1.29 is 0 Å². The molecule has 1 aliphatic heterocycles. The first-order valence-electron chi connectivity index (χ1n) is 7.40. The van der Waals surface area contributed by atoms with Crippen LogP contribution in [0, 0.1) is 6.42 Å². The highest BCUT2D eigenvalue weighted by Crippen LogP contribution is 2.28. The van der Waals surface area contributed by atoms with E-state index in [0.29, 0.717) is 0 Å². The lowest BCUT2D eigenvalue weighted by Gasteiger charge is -2.29. The van der Waals surface area contributed by atoms with E-state index < -0.39 is 0 Å². The van der Waals surface area contributed by atoms with Crippen molar-refractivity contribution in [3.05, 3.63) is 54.0 Å². The van der Waals surface area contributed by atoms with Crippen molar-refractivity contribution in [2.45, 2.75) is 32.6 Å². The number of piperidine rings is 1. The van der Waals surface area contributed by atoms with Gasteiger partial charge in [0, 0.05) is 18.8 Å². The van der Waals surface area contributed by atoms with Crippen LogP contribution in [0.3, 0.4) is 0 Å². The second kappa shape index (κ2) is 5.64. The number of allylic oxidation sites excluding steroid dienone is 4. The van der Waals surface area contributed by atoms with Gasteiger partial charge < -0.3 is 4.90 Å². The van der Waals surface area contributed by atoms with Gasteiger partial charge in [0.05, 0.1) is 0 Å². The third kappa shape index (κ3) is 2.91. The average molecular weight is 252 g/mol. The van der Waals surface area contributed by atoms with Crippen LogP contribution in [-0.2, 0) is 0 Å². The molecule has 2 aliphatic rings. The van der Waals surface area contributed by atoms with E-state index in [2.05, 4.69) is 54.7 Å². The van der Waals surface area contributed by atoms with Crippen molar-refractivity contribution in [3.8, 4) is 0 Å². The molecule has 1 aromatic carbocycles. The molecule has 1 heterocycles. The van der Waals surface area contributed by atoms with Crippen LogP contribution < -0.4 is 4.90 Å². The van der Waals surface area contributed by atoms with E-state index >= 15 is 0 Å². The zero-order chi connectivity index (χ0) is 13.1. The van der Waals surface area contributed by atoms with Crippen LogP contribution >= 0.6 is 0 Å². The lowest BCUT2D eigenvalue weighted by Crippen LogP contribution is -2.29. The molecule has 0 aromatic heterocycles. The molecule has 0 unspecified atom stereocenters. The Morgan fingerprint density at radius 2 is 1.68 bits per heavy atom. The standard InChI is InChI=1S/C18H22N/c1-15-6-5-7-17(14-15)16-8-10-18(11-9-16)19-12-3-2-4-13-19/h6-11,14H,2-5,12-13H2,1H3. The Morgan fingerprint density at radius 3 is 2.37 bits per heavy atom. The fourth-order valence-corrected chi connectivity index (χ4v) is 2.95. The minimum absolute atomic E-state index is 1.06. The zero-order valence-corrected chi connectivity index (χ0v) is 11.7. The van der Waals surface area contributed by atoms with E-state index in [9.17, 15) is 0 Å². The largest absolute Gasteiger partial charge is 0.372 e.